The smallest absolute Gasteiger partial charge is 0.270 e. The Bertz CT molecular complexity index is 435. The van der Waals surface area contributed by atoms with E-state index in [9.17, 15) is 14.7 Å². The monoisotopic (exact) mass is 282 g/mol. The van der Waals surface area contributed by atoms with E-state index in [1.165, 1.54) is 5.01 Å². The third kappa shape index (κ3) is 3.16. The molecule has 2 aliphatic heterocycles. The number of hydrogen-bond acceptors (Lipinski definition) is 5. The summed E-state index contributed by atoms with van der Waals surface area (Å²) < 4.78 is 0. The average Bonchev–Trinajstić information content (AvgIpc) is 2.72. The van der Waals surface area contributed by atoms with Gasteiger partial charge in [0.25, 0.3) is 5.91 Å². The van der Waals surface area contributed by atoms with Crippen molar-refractivity contribution >= 4 is 17.5 Å². The molecule has 0 spiro atoms. The summed E-state index contributed by atoms with van der Waals surface area (Å²) in [5.74, 6) is -0.236. The predicted octanol–water partition coefficient (Wildman–Crippen LogP) is -0.882. The highest BCUT2D eigenvalue weighted by Crippen LogP contribution is 2.20. The minimum absolute atomic E-state index is 0.00173. The molecule has 2 aliphatic rings. The van der Waals surface area contributed by atoms with E-state index < -0.39 is 6.10 Å². The van der Waals surface area contributed by atoms with Crippen LogP contribution in [0.15, 0.2) is 5.10 Å². The number of aliphatic hydroxyl groups is 1. The maximum atomic E-state index is 12.5. The normalized spacial score (nSPS) is 27.2. The lowest BCUT2D eigenvalue weighted by Crippen LogP contribution is -2.46. The van der Waals surface area contributed by atoms with E-state index >= 15 is 0 Å². The number of carbonyl (C=O) groups excluding carboxylic acids is 2. The second kappa shape index (κ2) is 5.88. The Morgan fingerprint density at radius 1 is 1.45 bits per heavy atom. The molecule has 2 unspecified atom stereocenters. The van der Waals surface area contributed by atoms with Crippen molar-refractivity contribution in [3.8, 4) is 0 Å². The molecule has 0 bridgehead atoms. The number of carbonyl (C=O) groups is 2. The molecule has 2 rings (SSSR count). The molecular formula is C13H22N4O3. The van der Waals surface area contributed by atoms with Gasteiger partial charge in [-0.25, -0.2) is 5.01 Å². The van der Waals surface area contributed by atoms with Crippen molar-refractivity contribution in [1.29, 1.82) is 0 Å². The van der Waals surface area contributed by atoms with Gasteiger partial charge in [0.2, 0.25) is 5.91 Å². The molecule has 1 saturated heterocycles. The number of hydrogen-bond donors (Lipinski definition) is 1. The number of aliphatic hydroxyl groups excluding tert-OH is 1. The first kappa shape index (κ1) is 14.9. The minimum atomic E-state index is -0.479. The van der Waals surface area contributed by atoms with Gasteiger partial charge in [0.15, 0.2) is 0 Å². The minimum Gasteiger partial charge on any atom is -0.391 e. The van der Waals surface area contributed by atoms with Crippen LogP contribution in [0.25, 0.3) is 0 Å². The zero-order valence-electron chi connectivity index (χ0n) is 12.2. The van der Waals surface area contributed by atoms with Crippen molar-refractivity contribution in [2.45, 2.75) is 31.4 Å². The topological polar surface area (TPSA) is 76.5 Å². The van der Waals surface area contributed by atoms with E-state index in [4.69, 9.17) is 0 Å². The van der Waals surface area contributed by atoms with Crippen LogP contribution in [0.2, 0.25) is 0 Å². The molecule has 0 aromatic rings. The largest absolute Gasteiger partial charge is 0.391 e. The van der Waals surface area contributed by atoms with E-state index in [0.717, 1.165) is 0 Å². The molecule has 1 N–H and O–H groups in total. The summed E-state index contributed by atoms with van der Waals surface area (Å²) in [5.41, 5.74) is 0.407. The van der Waals surface area contributed by atoms with E-state index in [0.29, 0.717) is 38.1 Å². The molecule has 7 heteroatoms. The number of likely N-dealkylation sites (N-methyl/N-ethyl adjacent to an activating group) is 1. The van der Waals surface area contributed by atoms with Crippen LogP contribution in [0.3, 0.4) is 0 Å². The van der Waals surface area contributed by atoms with E-state index in [-0.39, 0.29) is 17.9 Å². The lowest BCUT2D eigenvalue weighted by Gasteiger charge is -2.28. The van der Waals surface area contributed by atoms with E-state index in [1.54, 1.807) is 11.9 Å². The van der Waals surface area contributed by atoms with E-state index in [2.05, 4.69) is 5.10 Å². The molecule has 2 atom stereocenters. The number of β-amino-alcohol motifs (C(OH)–C–C–N with tert-alkyl or cyclic N) is 1. The maximum absolute atomic E-state index is 12.5. The van der Waals surface area contributed by atoms with Crippen LogP contribution < -0.4 is 0 Å². The first-order chi connectivity index (χ1) is 9.38. The fourth-order valence-corrected chi connectivity index (χ4v) is 2.72. The van der Waals surface area contributed by atoms with Crippen molar-refractivity contribution in [3.63, 3.8) is 0 Å². The van der Waals surface area contributed by atoms with Crippen molar-refractivity contribution in [3.05, 3.63) is 0 Å². The van der Waals surface area contributed by atoms with Gasteiger partial charge in [0.05, 0.1) is 6.10 Å². The maximum Gasteiger partial charge on any atom is 0.270 e. The molecule has 2 heterocycles. The van der Waals surface area contributed by atoms with Gasteiger partial charge < -0.3 is 14.9 Å². The first-order valence-corrected chi connectivity index (χ1v) is 6.86. The molecule has 0 aliphatic carbocycles. The van der Waals surface area contributed by atoms with Crippen LogP contribution in [0.4, 0.5) is 0 Å². The number of rotatable bonds is 3. The van der Waals surface area contributed by atoms with Crippen molar-refractivity contribution in [2.75, 3.05) is 34.2 Å². The Balaban J connectivity index is 2.11. The quantitative estimate of drug-likeness (QED) is 0.729. The van der Waals surface area contributed by atoms with Gasteiger partial charge in [0, 0.05) is 39.0 Å². The van der Waals surface area contributed by atoms with Crippen molar-refractivity contribution in [2.24, 2.45) is 5.10 Å². The summed E-state index contributed by atoms with van der Waals surface area (Å²) in [4.78, 5) is 27.6. The second-order valence-electron chi connectivity index (χ2n) is 5.73. The summed E-state index contributed by atoms with van der Waals surface area (Å²) in [6.45, 7) is 1.05. The van der Waals surface area contributed by atoms with Crippen molar-refractivity contribution in [1.82, 2.24) is 14.8 Å². The summed E-state index contributed by atoms with van der Waals surface area (Å²) in [5, 5.41) is 15.1. The number of hydrazone groups is 1. The van der Waals surface area contributed by atoms with Crippen LogP contribution in [-0.4, -0.2) is 83.8 Å². The zero-order valence-corrected chi connectivity index (χ0v) is 12.2. The highest BCUT2D eigenvalue weighted by atomic mass is 16.3. The number of nitrogens with zero attached hydrogens (tertiary/aromatic N) is 4. The van der Waals surface area contributed by atoms with Gasteiger partial charge >= 0.3 is 0 Å². The molecule has 112 valence electrons. The highest BCUT2D eigenvalue weighted by Gasteiger charge is 2.37. The lowest BCUT2D eigenvalue weighted by atomic mass is 10.1. The van der Waals surface area contributed by atoms with Gasteiger partial charge in [-0.2, -0.15) is 5.10 Å². The Morgan fingerprint density at radius 2 is 2.15 bits per heavy atom. The Labute approximate surface area is 118 Å². The summed E-state index contributed by atoms with van der Waals surface area (Å²) in [6.07, 6.45) is 0.804. The third-order valence-electron chi connectivity index (χ3n) is 3.68. The molecule has 1 fully saturated rings. The molecule has 20 heavy (non-hydrogen) atoms. The molecule has 7 nitrogen and oxygen atoms in total. The predicted molar refractivity (Wildman–Crippen MR) is 74.1 cm³/mol. The van der Waals surface area contributed by atoms with Crippen LogP contribution >= 0.6 is 0 Å². The fourth-order valence-electron chi connectivity index (χ4n) is 2.72. The van der Waals surface area contributed by atoms with Crippen LogP contribution in [-0.2, 0) is 9.59 Å². The molecule has 2 amide bonds. The molecule has 0 aromatic carbocycles. The fraction of sp³-hybridized carbons (Fsp3) is 0.769. The van der Waals surface area contributed by atoms with Crippen molar-refractivity contribution < 1.29 is 14.7 Å². The summed E-state index contributed by atoms with van der Waals surface area (Å²) >= 11 is 0. The van der Waals surface area contributed by atoms with Crippen LogP contribution in [0.1, 0.15) is 19.3 Å². The Kier molecular flexibility index (Phi) is 4.39. The van der Waals surface area contributed by atoms with Gasteiger partial charge in [-0.15, -0.1) is 0 Å². The summed E-state index contributed by atoms with van der Waals surface area (Å²) in [6, 6.07) is -0.00173. The highest BCUT2D eigenvalue weighted by molar-refractivity contribution is 6.39. The zero-order chi connectivity index (χ0) is 14.9. The first-order valence-electron chi connectivity index (χ1n) is 6.86. The Morgan fingerprint density at radius 3 is 2.75 bits per heavy atom. The summed E-state index contributed by atoms with van der Waals surface area (Å²) in [7, 11) is 5.45. The van der Waals surface area contributed by atoms with Gasteiger partial charge in [-0.05, 0) is 20.5 Å². The molecule has 0 saturated carbocycles. The van der Waals surface area contributed by atoms with Crippen LogP contribution in [0.5, 0.6) is 0 Å². The van der Waals surface area contributed by atoms with Gasteiger partial charge in [-0.1, -0.05) is 0 Å². The molecular weight excluding hydrogens is 260 g/mol. The Hall–Kier alpha value is -1.47. The standard InChI is InChI=1S/C13H22N4O3/c1-15(2)7-9-6-10(18)8-17(9)13(20)11-4-5-12(19)16(3)14-11/h9-10,18H,4-8H2,1-3H3. The molecule has 0 radical (unpaired) electrons. The van der Waals surface area contributed by atoms with Crippen LogP contribution in [0, 0.1) is 0 Å². The number of amides is 2. The van der Waals surface area contributed by atoms with Gasteiger partial charge in [0.1, 0.15) is 5.71 Å². The SMILES string of the molecule is CN(C)CC1CC(O)CN1C(=O)C1=NN(C)C(=O)CC1. The van der Waals surface area contributed by atoms with Gasteiger partial charge in [-0.3, -0.25) is 9.59 Å². The van der Waals surface area contributed by atoms with E-state index in [1.807, 2.05) is 19.0 Å². The average molecular weight is 282 g/mol. The number of likely N-dealkylation sites (tertiary alicyclic amines) is 1. The molecule has 0 aromatic heterocycles. The lowest BCUT2D eigenvalue weighted by molar-refractivity contribution is -0.130. The second-order valence-corrected chi connectivity index (χ2v) is 5.73. The third-order valence-corrected chi connectivity index (χ3v) is 3.68.